The van der Waals surface area contributed by atoms with Gasteiger partial charge in [-0.05, 0) is 18.6 Å². The number of hydrogen-bond donors (Lipinski definition) is 1. The highest BCUT2D eigenvalue weighted by molar-refractivity contribution is 5.91. The Morgan fingerprint density at radius 2 is 1.83 bits per heavy atom. The van der Waals surface area contributed by atoms with Crippen LogP contribution in [0.15, 0.2) is 36.5 Å². The Kier molecular flexibility index (Phi) is 8.63. The van der Waals surface area contributed by atoms with Crippen molar-refractivity contribution in [3.63, 3.8) is 0 Å². The SMILES string of the molecule is C=C/C=C(\C(=C)C)C(=O)O.CC. The quantitative estimate of drug-likeness (QED) is 0.519. The minimum absolute atomic E-state index is 0.204. The van der Waals surface area contributed by atoms with Gasteiger partial charge in [-0.2, -0.15) is 0 Å². The fourth-order valence-electron chi connectivity index (χ4n) is 0.514. The molecule has 0 aliphatic rings. The first-order valence-corrected chi connectivity index (χ1v) is 3.81. The standard InChI is InChI=1S/C8H10O2.C2H6/c1-4-5-7(6(2)3)8(9)10;1-2/h4-5H,1-2H2,3H3,(H,9,10);1-2H3/b7-5+;. The number of rotatable bonds is 3. The third-order valence-electron chi connectivity index (χ3n) is 0.975. The molecule has 0 amide bonds. The molecule has 0 aromatic carbocycles. The Labute approximate surface area is 73.9 Å². The molecule has 12 heavy (non-hydrogen) atoms. The third-order valence-corrected chi connectivity index (χ3v) is 0.975. The molecule has 0 rings (SSSR count). The summed E-state index contributed by atoms with van der Waals surface area (Å²) in [7, 11) is 0. The van der Waals surface area contributed by atoms with Gasteiger partial charge in [-0.3, -0.25) is 0 Å². The first kappa shape index (κ1) is 13.3. The highest BCUT2D eigenvalue weighted by Crippen LogP contribution is 2.05. The number of aliphatic carboxylic acids is 1. The second-order valence-electron chi connectivity index (χ2n) is 1.90. The average molecular weight is 168 g/mol. The zero-order chi connectivity index (χ0) is 10.1. The van der Waals surface area contributed by atoms with Gasteiger partial charge >= 0.3 is 5.97 Å². The molecule has 68 valence electrons. The van der Waals surface area contributed by atoms with E-state index in [4.69, 9.17) is 5.11 Å². The van der Waals surface area contributed by atoms with Crippen molar-refractivity contribution in [1.82, 2.24) is 0 Å². The van der Waals surface area contributed by atoms with E-state index in [2.05, 4.69) is 13.2 Å². The predicted molar refractivity (Wildman–Crippen MR) is 52.1 cm³/mol. The molecule has 0 saturated heterocycles. The molecule has 0 aliphatic heterocycles. The van der Waals surface area contributed by atoms with Crippen molar-refractivity contribution in [1.29, 1.82) is 0 Å². The van der Waals surface area contributed by atoms with E-state index in [1.54, 1.807) is 6.92 Å². The molecule has 2 heteroatoms. The van der Waals surface area contributed by atoms with Crippen molar-refractivity contribution in [3.8, 4) is 0 Å². The van der Waals surface area contributed by atoms with Crippen molar-refractivity contribution < 1.29 is 9.90 Å². The molecule has 1 N–H and O–H groups in total. The number of carboxylic acid groups (broad SMARTS) is 1. The molecule has 0 fully saturated rings. The first-order chi connectivity index (χ1) is 5.59. The van der Waals surface area contributed by atoms with Crippen molar-refractivity contribution in [2.45, 2.75) is 20.8 Å². The van der Waals surface area contributed by atoms with E-state index in [9.17, 15) is 4.79 Å². The third kappa shape index (κ3) is 5.47. The van der Waals surface area contributed by atoms with Crippen LogP contribution in [0, 0.1) is 0 Å². The molecule has 0 spiro atoms. The lowest BCUT2D eigenvalue weighted by Crippen LogP contribution is -2.00. The van der Waals surface area contributed by atoms with E-state index >= 15 is 0 Å². The average Bonchev–Trinajstić information content (AvgIpc) is 2.03. The van der Waals surface area contributed by atoms with E-state index in [1.807, 2.05) is 13.8 Å². The molecule has 0 aliphatic carbocycles. The molecule has 0 heterocycles. The molecule has 0 aromatic heterocycles. The largest absolute Gasteiger partial charge is 0.478 e. The predicted octanol–water partition coefficient (Wildman–Crippen LogP) is 2.79. The van der Waals surface area contributed by atoms with Crippen molar-refractivity contribution in [3.05, 3.63) is 36.5 Å². The van der Waals surface area contributed by atoms with Crippen LogP contribution in [0.1, 0.15) is 20.8 Å². The highest BCUT2D eigenvalue weighted by atomic mass is 16.4. The summed E-state index contributed by atoms with van der Waals surface area (Å²) in [5.41, 5.74) is 0.738. The summed E-state index contributed by atoms with van der Waals surface area (Å²) in [4.78, 5) is 10.4. The molecule has 0 radical (unpaired) electrons. The van der Waals surface area contributed by atoms with Crippen molar-refractivity contribution in [2.24, 2.45) is 0 Å². The fraction of sp³-hybridized carbons (Fsp3) is 0.300. The molecular weight excluding hydrogens is 152 g/mol. The van der Waals surface area contributed by atoms with Gasteiger partial charge in [0.1, 0.15) is 0 Å². The topological polar surface area (TPSA) is 37.3 Å². The van der Waals surface area contributed by atoms with Crippen molar-refractivity contribution in [2.75, 3.05) is 0 Å². The maximum absolute atomic E-state index is 10.4. The summed E-state index contributed by atoms with van der Waals surface area (Å²) in [6.45, 7) is 12.5. The monoisotopic (exact) mass is 168 g/mol. The molecule has 0 saturated carbocycles. The smallest absolute Gasteiger partial charge is 0.335 e. The summed E-state index contributed by atoms with van der Waals surface area (Å²) in [6, 6.07) is 0. The summed E-state index contributed by atoms with van der Waals surface area (Å²) in [5, 5.41) is 8.50. The van der Waals surface area contributed by atoms with E-state index in [0.29, 0.717) is 5.57 Å². The van der Waals surface area contributed by atoms with Gasteiger partial charge in [0.05, 0.1) is 5.57 Å². The molecule has 0 aromatic rings. The Morgan fingerprint density at radius 3 is 1.92 bits per heavy atom. The minimum atomic E-state index is -0.965. The van der Waals surface area contributed by atoms with E-state index in [0.717, 1.165) is 0 Å². The fourth-order valence-corrected chi connectivity index (χ4v) is 0.514. The van der Waals surface area contributed by atoms with Gasteiger partial charge < -0.3 is 5.11 Å². The summed E-state index contributed by atoms with van der Waals surface area (Å²) in [6.07, 6.45) is 2.85. The lowest BCUT2D eigenvalue weighted by molar-refractivity contribution is -0.132. The molecule has 2 nitrogen and oxygen atoms in total. The molecule has 0 bridgehead atoms. The van der Waals surface area contributed by atoms with Crippen LogP contribution < -0.4 is 0 Å². The Hall–Kier alpha value is -1.31. The Balaban J connectivity index is 0. The van der Waals surface area contributed by atoms with E-state index in [-0.39, 0.29) is 5.57 Å². The van der Waals surface area contributed by atoms with E-state index in [1.165, 1.54) is 12.2 Å². The van der Waals surface area contributed by atoms with Crippen LogP contribution >= 0.6 is 0 Å². The van der Waals surface area contributed by atoms with Gasteiger partial charge in [-0.25, -0.2) is 4.79 Å². The second-order valence-corrected chi connectivity index (χ2v) is 1.90. The number of carbonyl (C=O) groups is 1. The lowest BCUT2D eigenvalue weighted by atomic mass is 10.1. The Bertz CT molecular complexity index is 184. The first-order valence-electron chi connectivity index (χ1n) is 3.81. The molecule has 0 unspecified atom stereocenters. The van der Waals surface area contributed by atoms with E-state index < -0.39 is 5.97 Å². The van der Waals surface area contributed by atoms with Gasteiger partial charge in [-0.1, -0.05) is 33.1 Å². The maximum Gasteiger partial charge on any atom is 0.335 e. The van der Waals surface area contributed by atoms with Crippen LogP contribution in [-0.4, -0.2) is 11.1 Å². The van der Waals surface area contributed by atoms with Gasteiger partial charge in [-0.15, -0.1) is 0 Å². The van der Waals surface area contributed by atoms with Crippen LogP contribution in [0.25, 0.3) is 0 Å². The zero-order valence-electron chi connectivity index (χ0n) is 7.92. The highest BCUT2D eigenvalue weighted by Gasteiger charge is 2.04. The molecular formula is C10H16O2. The van der Waals surface area contributed by atoms with Crippen LogP contribution in [0.2, 0.25) is 0 Å². The zero-order valence-corrected chi connectivity index (χ0v) is 7.92. The number of hydrogen-bond acceptors (Lipinski definition) is 1. The van der Waals surface area contributed by atoms with Gasteiger partial charge in [0, 0.05) is 0 Å². The van der Waals surface area contributed by atoms with Crippen molar-refractivity contribution >= 4 is 5.97 Å². The number of carboxylic acids is 1. The maximum atomic E-state index is 10.4. The molecule has 0 atom stereocenters. The second kappa shape index (κ2) is 7.79. The van der Waals surface area contributed by atoms with Gasteiger partial charge in [0.2, 0.25) is 0 Å². The Morgan fingerprint density at radius 1 is 1.42 bits per heavy atom. The normalized spacial score (nSPS) is 9.42. The summed E-state index contributed by atoms with van der Waals surface area (Å²) in [5.74, 6) is -0.965. The summed E-state index contributed by atoms with van der Waals surface area (Å²) < 4.78 is 0. The lowest BCUT2D eigenvalue weighted by Gasteiger charge is -1.96. The minimum Gasteiger partial charge on any atom is -0.478 e. The van der Waals surface area contributed by atoms with Crippen LogP contribution in [-0.2, 0) is 4.79 Å². The van der Waals surface area contributed by atoms with Crippen LogP contribution in [0.4, 0.5) is 0 Å². The van der Waals surface area contributed by atoms with Gasteiger partial charge in [0.15, 0.2) is 0 Å². The van der Waals surface area contributed by atoms with Gasteiger partial charge in [0.25, 0.3) is 0 Å². The van der Waals surface area contributed by atoms with Crippen LogP contribution in [0.3, 0.4) is 0 Å². The summed E-state index contributed by atoms with van der Waals surface area (Å²) >= 11 is 0. The van der Waals surface area contributed by atoms with Crippen LogP contribution in [0.5, 0.6) is 0 Å². The number of allylic oxidation sites excluding steroid dienone is 2.